The largest absolute Gasteiger partial charge is 0.465 e. The lowest BCUT2D eigenvalue weighted by molar-refractivity contribution is -0.384. The number of benzene rings is 2. The van der Waals surface area contributed by atoms with Crippen molar-refractivity contribution in [2.24, 2.45) is 0 Å². The third kappa shape index (κ3) is 4.11. The number of hydrogen-bond donors (Lipinski definition) is 1. The van der Waals surface area contributed by atoms with Crippen LogP contribution >= 0.6 is 0 Å². The van der Waals surface area contributed by atoms with Crippen molar-refractivity contribution in [2.45, 2.75) is 13.5 Å². The Morgan fingerprint density at radius 2 is 1.97 bits per heavy atom. The fourth-order valence-electron chi connectivity index (χ4n) is 3.38. The van der Waals surface area contributed by atoms with E-state index in [1.165, 1.54) is 48.6 Å². The molecule has 0 unspecified atom stereocenters. The first-order valence-corrected chi connectivity index (χ1v) is 9.96. The van der Waals surface area contributed by atoms with E-state index in [1.807, 2.05) is 0 Å². The van der Waals surface area contributed by atoms with Gasteiger partial charge in [-0.2, -0.15) is 5.10 Å². The fourth-order valence-corrected chi connectivity index (χ4v) is 3.38. The molecule has 1 N–H and O–H groups in total. The molecule has 1 amide bonds. The summed E-state index contributed by atoms with van der Waals surface area (Å²) in [5, 5.41) is 18.2. The molecule has 0 atom stereocenters. The standard InChI is InChI=1S/C22H18N6O6/c1-13-7-8-14(22(31)34-2)9-16(13)25-19(29)11-26-12-23-20-15(21(26)30)10-24-27(20)17-5-3-4-6-18(17)28(32)33/h3-10,12H,11H2,1-2H3,(H,25,29). The molecule has 2 aromatic carbocycles. The van der Waals surface area contributed by atoms with Crippen LogP contribution in [0.1, 0.15) is 15.9 Å². The molecule has 0 radical (unpaired) electrons. The van der Waals surface area contributed by atoms with E-state index in [0.717, 1.165) is 4.57 Å². The molecular weight excluding hydrogens is 444 g/mol. The summed E-state index contributed by atoms with van der Waals surface area (Å²) in [5.41, 5.74) is 0.939. The van der Waals surface area contributed by atoms with Crippen molar-refractivity contribution in [2.75, 3.05) is 12.4 Å². The number of carbonyl (C=O) groups excluding carboxylic acids is 2. The van der Waals surface area contributed by atoms with Crippen LogP contribution in [0.3, 0.4) is 0 Å². The van der Waals surface area contributed by atoms with Gasteiger partial charge >= 0.3 is 5.97 Å². The van der Waals surface area contributed by atoms with Crippen molar-refractivity contribution in [3.05, 3.63) is 86.6 Å². The molecule has 0 saturated carbocycles. The minimum Gasteiger partial charge on any atom is -0.465 e. The number of amides is 1. The highest BCUT2D eigenvalue weighted by molar-refractivity contribution is 5.95. The number of hydrogen-bond acceptors (Lipinski definition) is 8. The molecular formula is C22H18N6O6. The lowest BCUT2D eigenvalue weighted by Gasteiger charge is -2.11. The second kappa shape index (κ2) is 8.94. The molecule has 0 saturated heterocycles. The van der Waals surface area contributed by atoms with E-state index in [1.54, 1.807) is 25.1 Å². The lowest BCUT2D eigenvalue weighted by atomic mass is 10.1. The first-order valence-electron chi connectivity index (χ1n) is 9.96. The predicted molar refractivity (Wildman–Crippen MR) is 121 cm³/mol. The first kappa shape index (κ1) is 22.3. The number of ether oxygens (including phenoxy) is 1. The minimum atomic E-state index is -0.550. The predicted octanol–water partition coefficient (Wildman–Crippen LogP) is 2.22. The normalized spacial score (nSPS) is 10.8. The number of nitrogens with one attached hydrogen (secondary N) is 1. The summed E-state index contributed by atoms with van der Waals surface area (Å²) in [6.45, 7) is 1.41. The molecule has 172 valence electrons. The van der Waals surface area contributed by atoms with Crippen LogP contribution in [-0.4, -0.2) is 43.2 Å². The zero-order valence-corrected chi connectivity index (χ0v) is 18.1. The molecule has 0 aliphatic heterocycles. The van der Waals surface area contributed by atoms with Gasteiger partial charge in [0.1, 0.15) is 23.9 Å². The molecule has 0 spiro atoms. The van der Waals surface area contributed by atoms with Gasteiger partial charge in [-0.15, -0.1) is 0 Å². The van der Waals surface area contributed by atoms with Crippen LogP contribution in [0.4, 0.5) is 11.4 Å². The van der Waals surface area contributed by atoms with Gasteiger partial charge in [0.2, 0.25) is 5.91 Å². The minimum absolute atomic E-state index is 0.0947. The van der Waals surface area contributed by atoms with Crippen LogP contribution in [0.15, 0.2) is 59.8 Å². The van der Waals surface area contributed by atoms with Crippen molar-refractivity contribution in [3.8, 4) is 5.69 Å². The zero-order chi connectivity index (χ0) is 24.4. The molecule has 4 rings (SSSR count). The summed E-state index contributed by atoms with van der Waals surface area (Å²) >= 11 is 0. The van der Waals surface area contributed by atoms with Crippen LogP contribution in [0.5, 0.6) is 0 Å². The quantitative estimate of drug-likeness (QED) is 0.260. The molecule has 0 aliphatic rings. The number of carbonyl (C=O) groups is 2. The van der Waals surface area contributed by atoms with E-state index < -0.39 is 22.4 Å². The maximum atomic E-state index is 12.9. The van der Waals surface area contributed by atoms with Crippen LogP contribution in [0.25, 0.3) is 16.7 Å². The molecule has 2 heterocycles. The summed E-state index contributed by atoms with van der Waals surface area (Å²) in [5.74, 6) is -1.06. The number of aryl methyl sites for hydroxylation is 1. The Labute approximate surface area is 191 Å². The van der Waals surface area contributed by atoms with Gasteiger partial charge in [0.05, 0.1) is 23.8 Å². The average Bonchev–Trinajstić information content (AvgIpc) is 3.26. The molecule has 12 heteroatoms. The van der Waals surface area contributed by atoms with Gasteiger partial charge in [-0.1, -0.05) is 18.2 Å². The highest BCUT2D eigenvalue weighted by Gasteiger charge is 2.20. The molecule has 0 fully saturated rings. The highest BCUT2D eigenvalue weighted by atomic mass is 16.6. The summed E-state index contributed by atoms with van der Waals surface area (Å²) in [6, 6.07) is 10.7. The Hall–Kier alpha value is -4.87. The number of methoxy groups -OCH3 is 1. The first-order chi connectivity index (χ1) is 16.3. The van der Waals surface area contributed by atoms with E-state index >= 15 is 0 Å². The third-order valence-corrected chi connectivity index (χ3v) is 5.11. The average molecular weight is 462 g/mol. The van der Waals surface area contributed by atoms with E-state index in [9.17, 15) is 24.5 Å². The number of nitro benzene ring substituents is 1. The second-order valence-electron chi connectivity index (χ2n) is 7.29. The number of nitro groups is 1. The number of esters is 1. The van der Waals surface area contributed by atoms with Gasteiger partial charge in [0.25, 0.3) is 11.2 Å². The second-order valence-corrected chi connectivity index (χ2v) is 7.29. The van der Waals surface area contributed by atoms with Crippen molar-refractivity contribution in [1.82, 2.24) is 19.3 Å². The number of para-hydroxylation sites is 2. The molecule has 4 aromatic rings. The highest BCUT2D eigenvalue weighted by Crippen LogP contribution is 2.24. The topological polar surface area (TPSA) is 151 Å². The maximum Gasteiger partial charge on any atom is 0.337 e. The summed E-state index contributed by atoms with van der Waals surface area (Å²) in [6.07, 6.45) is 2.43. The van der Waals surface area contributed by atoms with Gasteiger partial charge in [-0.3, -0.25) is 24.3 Å². The number of fused-ring (bicyclic) bond motifs is 1. The van der Waals surface area contributed by atoms with Crippen molar-refractivity contribution >= 4 is 34.3 Å². The maximum absolute atomic E-state index is 12.9. The summed E-state index contributed by atoms with van der Waals surface area (Å²) in [7, 11) is 1.26. The molecule has 12 nitrogen and oxygen atoms in total. The summed E-state index contributed by atoms with van der Waals surface area (Å²) < 4.78 is 7.00. The Balaban J connectivity index is 1.62. The Morgan fingerprint density at radius 3 is 2.71 bits per heavy atom. The number of aromatic nitrogens is 4. The third-order valence-electron chi connectivity index (χ3n) is 5.11. The van der Waals surface area contributed by atoms with Crippen molar-refractivity contribution in [1.29, 1.82) is 0 Å². The van der Waals surface area contributed by atoms with E-state index in [2.05, 4.69) is 15.4 Å². The fraction of sp³-hybridized carbons (Fsp3) is 0.136. The number of rotatable bonds is 6. The van der Waals surface area contributed by atoms with Gasteiger partial charge in [0, 0.05) is 11.8 Å². The Kier molecular flexibility index (Phi) is 5.87. The van der Waals surface area contributed by atoms with Gasteiger partial charge < -0.3 is 10.1 Å². The van der Waals surface area contributed by atoms with Crippen LogP contribution in [0.2, 0.25) is 0 Å². The Bertz CT molecular complexity index is 1510. The Morgan fingerprint density at radius 1 is 1.21 bits per heavy atom. The van der Waals surface area contributed by atoms with Crippen molar-refractivity contribution in [3.63, 3.8) is 0 Å². The zero-order valence-electron chi connectivity index (χ0n) is 18.1. The smallest absolute Gasteiger partial charge is 0.337 e. The monoisotopic (exact) mass is 462 g/mol. The van der Waals surface area contributed by atoms with E-state index in [-0.39, 0.29) is 34.5 Å². The van der Waals surface area contributed by atoms with E-state index in [0.29, 0.717) is 11.3 Å². The SMILES string of the molecule is COC(=O)c1ccc(C)c(NC(=O)Cn2cnc3c(cnn3-c3ccccc3[N+](=O)[O-])c2=O)c1. The molecule has 2 aromatic heterocycles. The number of anilines is 1. The van der Waals surface area contributed by atoms with Crippen LogP contribution < -0.4 is 10.9 Å². The van der Waals surface area contributed by atoms with Crippen molar-refractivity contribution < 1.29 is 19.2 Å². The summed E-state index contributed by atoms with van der Waals surface area (Å²) in [4.78, 5) is 52.3. The molecule has 0 aliphatic carbocycles. The molecule has 34 heavy (non-hydrogen) atoms. The van der Waals surface area contributed by atoms with Crippen LogP contribution in [-0.2, 0) is 16.1 Å². The lowest BCUT2D eigenvalue weighted by Crippen LogP contribution is -2.28. The van der Waals surface area contributed by atoms with Gasteiger partial charge in [0.15, 0.2) is 5.65 Å². The number of nitrogens with zero attached hydrogens (tertiary/aromatic N) is 5. The molecule has 0 bridgehead atoms. The van der Waals surface area contributed by atoms with Gasteiger partial charge in [-0.25, -0.2) is 14.5 Å². The van der Waals surface area contributed by atoms with Crippen LogP contribution in [0, 0.1) is 17.0 Å². The van der Waals surface area contributed by atoms with Gasteiger partial charge in [-0.05, 0) is 30.7 Å². The van der Waals surface area contributed by atoms with E-state index in [4.69, 9.17) is 4.74 Å².